The van der Waals surface area contributed by atoms with Crippen LogP contribution in [0.5, 0.6) is 0 Å². The van der Waals surface area contributed by atoms with E-state index in [1.54, 1.807) is 60.7 Å². The highest BCUT2D eigenvalue weighted by molar-refractivity contribution is 5.94. The monoisotopic (exact) mass is 339 g/mol. The number of aliphatic hydroxyl groups is 1. The minimum absolute atomic E-state index is 0. The van der Waals surface area contributed by atoms with Gasteiger partial charge in [0.15, 0.2) is 6.10 Å². The van der Waals surface area contributed by atoms with Crippen LogP contribution in [0.15, 0.2) is 60.7 Å². The number of carboxylic acid groups (broad SMARTS) is 1. The van der Waals surface area contributed by atoms with Gasteiger partial charge in [-0.1, -0.05) is 48.5 Å². The molecular weight excluding hydrogens is 318 g/mol. The molecule has 0 aliphatic rings. The number of nitrogens with one attached hydrogen (secondary N) is 1. The number of carbonyl (C=O) groups is 2. The van der Waals surface area contributed by atoms with Crippen molar-refractivity contribution in [2.45, 2.75) is 12.1 Å². The summed E-state index contributed by atoms with van der Waals surface area (Å²) in [5, 5.41) is 21.4. The highest BCUT2D eigenvalue weighted by atomic mass is 16.4. The molecule has 0 aliphatic heterocycles. The largest absolute Gasteiger partial charge is 0.479 e. The summed E-state index contributed by atoms with van der Waals surface area (Å²) < 4.78 is 0. The Hall–Kier alpha value is -2.78. The molecule has 0 saturated heterocycles. The summed E-state index contributed by atoms with van der Waals surface area (Å²) in [6.45, 7) is 0. The van der Waals surface area contributed by atoms with Gasteiger partial charge in [0.05, 0.1) is 6.04 Å². The fourth-order valence-corrected chi connectivity index (χ4v) is 1.96. The summed E-state index contributed by atoms with van der Waals surface area (Å²) in [6.07, 6.45) is -1.72. The topological polar surface area (TPSA) is 181 Å². The molecule has 2 aromatic rings. The third-order valence-corrected chi connectivity index (χ3v) is 3.05. The van der Waals surface area contributed by atoms with Crippen LogP contribution in [0.1, 0.15) is 22.0 Å². The molecule has 8 nitrogen and oxygen atoms in total. The molecule has 0 spiro atoms. The predicted molar refractivity (Wildman–Crippen MR) is 87.6 cm³/mol. The smallest absolute Gasteiger partial charge is 0.335 e. The maximum Gasteiger partial charge on any atom is 0.335 e. The molecule has 2 rings (SSSR count). The fourth-order valence-electron chi connectivity index (χ4n) is 1.96. The van der Waals surface area contributed by atoms with Crippen molar-refractivity contribution in [3.05, 3.63) is 71.8 Å². The van der Waals surface area contributed by atoms with E-state index in [0.717, 1.165) is 0 Å². The summed E-state index contributed by atoms with van der Waals surface area (Å²) in [4.78, 5) is 23.2. The van der Waals surface area contributed by atoms with E-state index in [1.807, 2.05) is 0 Å². The van der Waals surface area contributed by atoms with Crippen molar-refractivity contribution in [1.29, 1.82) is 0 Å². The van der Waals surface area contributed by atoms with Gasteiger partial charge in [-0.3, -0.25) is 4.79 Å². The molecule has 0 heterocycles. The van der Waals surface area contributed by atoms with E-state index >= 15 is 0 Å². The molecule has 2 unspecified atom stereocenters. The quantitative estimate of drug-likeness (QED) is 0.640. The third-order valence-electron chi connectivity index (χ3n) is 3.05. The van der Waals surface area contributed by atoms with E-state index in [9.17, 15) is 14.7 Å². The van der Waals surface area contributed by atoms with Crippen molar-refractivity contribution in [3.8, 4) is 0 Å². The molecule has 0 radical (unpaired) electrons. The first-order valence-corrected chi connectivity index (χ1v) is 6.41. The first-order chi connectivity index (χ1) is 10.1. The third kappa shape index (κ3) is 5.78. The number of carboxylic acids is 1. The Bertz CT molecular complexity index is 619. The second-order valence-electron chi connectivity index (χ2n) is 4.51. The van der Waals surface area contributed by atoms with Crippen LogP contribution in [0.3, 0.4) is 0 Å². The maximum atomic E-state index is 12.1. The van der Waals surface area contributed by atoms with E-state index in [1.165, 1.54) is 0 Å². The standard InChI is InChI=1S/C16H15NO4.3H2O/c18-14(16(20)21)13(11-7-3-1-4-8-11)17-15(19)12-9-5-2-6-10-12;;;/h1-10,13-14,18H,(H,17,19)(H,20,21);3*1H2. The zero-order valence-corrected chi connectivity index (χ0v) is 12.6. The first kappa shape index (κ1) is 23.5. The average Bonchev–Trinajstić information content (AvgIpc) is 2.53. The Morgan fingerprint density at radius 3 is 1.75 bits per heavy atom. The van der Waals surface area contributed by atoms with Gasteiger partial charge in [-0.25, -0.2) is 4.79 Å². The van der Waals surface area contributed by atoms with E-state index in [0.29, 0.717) is 11.1 Å². The lowest BCUT2D eigenvalue weighted by Crippen LogP contribution is -2.40. The molecular formula is C16H21NO7. The Morgan fingerprint density at radius 1 is 0.833 bits per heavy atom. The van der Waals surface area contributed by atoms with Gasteiger partial charge < -0.3 is 32.0 Å². The van der Waals surface area contributed by atoms with Crippen LogP contribution in [-0.2, 0) is 4.79 Å². The number of aliphatic carboxylic acids is 1. The molecule has 1 amide bonds. The minimum Gasteiger partial charge on any atom is -0.479 e. The molecule has 8 heteroatoms. The van der Waals surface area contributed by atoms with Crippen molar-refractivity contribution < 1.29 is 36.2 Å². The number of benzene rings is 2. The first-order valence-electron chi connectivity index (χ1n) is 6.41. The highest BCUT2D eigenvalue weighted by Crippen LogP contribution is 2.18. The Balaban J connectivity index is 0. The van der Waals surface area contributed by atoms with Gasteiger partial charge in [-0.2, -0.15) is 0 Å². The van der Waals surface area contributed by atoms with Crippen LogP contribution >= 0.6 is 0 Å². The lowest BCUT2D eigenvalue weighted by molar-refractivity contribution is -0.148. The van der Waals surface area contributed by atoms with Crippen LogP contribution in [0, 0.1) is 0 Å². The molecule has 0 aromatic heterocycles. The van der Waals surface area contributed by atoms with Crippen molar-refractivity contribution in [1.82, 2.24) is 5.32 Å². The summed E-state index contributed by atoms with van der Waals surface area (Å²) in [6, 6.07) is 15.9. The molecule has 2 aromatic carbocycles. The van der Waals surface area contributed by atoms with Crippen LogP contribution in [0.25, 0.3) is 0 Å². The predicted octanol–water partition coefficient (Wildman–Crippen LogP) is -0.871. The van der Waals surface area contributed by atoms with Crippen molar-refractivity contribution in [2.75, 3.05) is 0 Å². The Morgan fingerprint density at radius 2 is 1.29 bits per heavy atom. The highest BCUT2D eigenvalue weighted by Gasteiger charge is 2.28. The van der Waals surface area contributed by atoms with E-state index in [4.69, 9.17) is 5.11 Å². The molecule has 0 fully saturated rings. The van der Waals surface area contributed by atoms with E-state index in [-0.39, 0.29) is 16.4 Å². The Labute approximate surface area is 138 Å². The number of hydrogen-bond acceptors (Lipinski definition) is 3. The molecule has 2 atom stereocenters. The molecule has 132 valence electrons. The molecule has 24 heavy (non-hydrogen) atoms. The number of hydrogen-bond donors (Lipinski definition) is 3. The number of amides is 1. The van der Waals surface area contributed by atoms with E-state index < -0.39 is 24.0 Å². The van der Waals surface area contributed by atoms with Crippen molar-refractivity contribution in [2.24, 2.45) is 0 Å². The zero-order chi connectivity index (χ0) is 15.2. The maximum absolute atomic E-state index is 12.1. The average molecular weight is 339 g/mol. The fraction of sp³-hybridized carbons (Fsp3) is 0.125. The SMILES string of the molecule is O.O.O.O=C(NC(c1ccccc1)C(O)C(=O)O)c1ccccc1. The van der Waals surface area contributed by atoms with Gasteiger partial charge >= 0.3 is 5.97 Å². The van der Waals surface area contributed by atoms with Crippen LogP contribution in [0.4, 0.5) is 0 Å². The number of aliphatic hydroxyl groups excluding tert-OH is 1. The van der Waals surface area contributed by atoms with Crippen molar-refractivity contribution >= 4 is 11.9 Å². The summed E-state index contributed by atoms with van der Waals surface area (Å²) in [7, 11) is 0. The Kier molecular flexibility index (Phi) is 10.6. The van der Waals surface area contributed by atoms with Gasteiger partial charge in [0.2, 0.25) is 0 Å². The normalized spacial score (nSPS) is 11.5. The van der Waals surface area contributed by atoms with Gasteiger partial charge in [-0.05, 0) is 17.7 Å². The van der Waals surface area contributed by atoms with E-state index in [2.05, 4.69) is 5.32 Å². The van der Waals surface area contributed by atoms with Gasteiger partial charge in [0.25, 0.3) is 5.91 Å². The van der Waals surface area contributed by atoms with Gasteiger partial charge in [0.1, 0.15) is 0 Å². The lowest BCUT2D eigenvalue weighted by atomic mass is 10.0. The molecule has 9 N–H and O–H groups in total. The lowest BCUT2D eigenvalue weighted by Gasteiger charge is -2.22. The minimum atomic E-state index is -1.72. The van der Waals surface area contributed by atoms with Gasteiger partial charge in [0, 0.05) is 5.56 Å². The van der Waals surface area contributed by atoms with Crippen LogP contribution < -0.4 is 5.32 Å². The molecule has 0 aliphatic carbocycles. The second-order valence-corrected chi connectivity index (χ2v) is 4.51. The number of rotatable bonds is 5. The van der Waals surface area contributed by atoms with Gasteiger partial charge in [-0.15, -0.1) is 0 Å². The number of carbonyl (C=O) groups excluding carboxylic acids is 1. The van der Waals surface area contributed by atoms with Crippen molar-refractivity contribution in [3.63, 3.8) is 0 Å². The van der Waals surface area contributed by atoms with Crippen LogP contribution in [0.2, 0.25) is 0 Å². The molecule has 0 saturated carbocycles. The second kappa shape index (κ2) is 10.9. The zero-order valence-electron chi connectivity index (χ0n) is 12.6. The summed E-state index contributed by atoms with van der Waals surface area (Å²) >= 11 is 0. The molecule has 0 bridgehead atoms. The summed E-state index contributed by atoms with van der Waals surface area (Å²) in [5.74, 6) is -1.83. The van der Waals surface area contributed by atoms with Crippen LogP contribution in [-0.4, -0.2) is 44.6 Å². The summed E-state index contributed by atoms with van der Waals surface area (Å²) in [5.41, 5.74) is 0.924.